The van der Waals surface area contributed by atoms with Crippen LogP contribution in [0.1, 0.15) is 32.1 Å². The lowest BCUT2D eigenvalue weighted by Crippen LogP contribution is -2.37. The van der Waals surface area contributed by atoms with Crippen LogP contribution in [0.25, 0.3) is 0 Å². The Labute approximate surface area is 101 Å². The van der Waals surface area contributed by atoms with Gasteiger partial charge in [-0.3, -0.25) is 4.79 Å². The van der Waals surface area contributed by atoms with Crippen LogP contribution in [0.3, 0.4) is 0 Å². The zero-order valence-electron chi connectivity index (χ0n) is 10.00. The smallest absolute Gasteiger partial charge is 0.314 e. The van der Waals surface area contributed by atoms with E-state index in [0.717, 1.165) is 13.0 Å². The molecule has 0 aromatic carbocycles. The summed E-state index contributed by atoms with van der Waals surface area (Å²) in [6, 6.07) is 0.488. The van der Waals surface area contributed by atoms with Gasteiger partial charge in [0.1, 0.15) is 0 Å². The third kappa shape index (κ3) is 8.50. The van der Waals surface area contributed by atoms with Crippen molar-refractivity contribution < 1.29 is 14.7 Å². The van der Waals surface area contributed by atoms with Crippen molar-refractivity contribution in [2.24, 2.45) is 0 Å². The molecule has 1 aliphatic rings. The van der Waals surface area contributed by atoms with Crippen LogP contribution in [-0.4, -0.2) is 42.8 Å². The Bertz CT molecular complexity index is 254. The lowest BCUT2D eigenvalue weighted by Gasteiger charge is -2.07. The number of carboxylic acid groups (broad SMARTS) is 1. The van der Waals surface area contributed by atoms with Gasteiger partial charge in [-0.05, 0) is 32.2 Å². The van der Waals surface area contributed by atoms with E-state index in [-0.39, 0.29) is 12.5 Å². The lowest BCUT2D eigenvalue weighted by atomic mass is 10.3. The average molecular weight is 243 g/mol. The molecule has 0 radical (unpaired) electrons. The molecule has 0 spiro atoms. The van der Waals surface area contributed by atoms with Crippen molar-refractivity contribution in [2.75, 3.05) is 19.6 Å². The summed E-state index contributed by atoms with van der Waals surface area (Å²) in [5, 5.41) is 17.1. The van der Waals surface area contributed by atoms with E-state index in [1.807, 2.05) is 0 Å². The summed E-state index contributed by atoms with van der Waals surface area (Å²) in [5.74, 6) is -0.835. The first kappa shape index (κ1) is 13.8. The summed E-state index contributed by atoms with van der Waals surface area (Å²) in [7, 11) is 0. The summed E-state index contributed by atoms with van der Waals surface area (Å²) >= 11 is 0. The van der Waals surface area contributed by atoms with E-state index < -0.39 is 5.97 Å². The van der Waals surface area contributed by atoms with Crippen molar-refractivity contribution in [1.82, 2.24) is 16.0 Å². The maximum Gasteiger partial charge on any atom is 0.314 e. The van der Waals surface area contributed by atoms with E-state index in [0.29, 0.717) is 25.6 Å². The summed E-state index contributed by atoms with van der Waals surface area (Å²) in [6.45, 7) is 1.98. The largest absolute Gasteiger partial charge is 0.481 e. The predicted octanol–water partition coefficient (Wildman–Crippen LogP) is 0.293. The first-order valence-corrected chi connectivity index (χ1v) is 6.15. The molecule has 0 aromatic heterocycles. The molecule has 0 unspecified atom stereocenters. The van der Waals surface area contributed by atoms with Crippen LogP contribution < -0.4 is 16.0 Å². The second-order valence-electron chi connectivity index (χ2n) is 4.26. The number of hydrogen-bond acceptors (Lipinski definition) is 3. The first-order chi connectivity index (χ1) is 8.18. The number of amides is 2. The third-order valence-corrected chi connectivity index (χ3v) is 2.50. The molecule has 0 aromatic rings. The minimum atomic E-state index is -0.835. The minimum absolute atomic E-state index is 0.0889. The molecular formula is C11H21N3O3. The van der Waals surface area contributed by atoms with Gasteiger partial charge in [-0.15, -0.1) is 0 Å². The van der Waals surface area contributed by atoms with Gasteiger partial charge in [0.25, 0.3) is 0 Å². The topological polar surface area (TPSA) is 90.5 Å². The normalized spacial score (nSPS) is 14.4. The third-order valence-electron chi connectivity index (χ3n) is 2.50. The van der Waals surface area contributed by atoms with Crippen molar-refractivity contribution in [2.45, 2.75) is 38.1 Å². The average Bonchev–Trinajstić information content (AvgIpc) is 3.07. The lowest BCUT2D eigenvalue weighted by molar-refractivity contribution is -0.137. The monoisotopic (exact) mass is 243 g/mol. The molecule has 0 saturated heterocycles. The standard InChI is InChI=1S/C11H21N3O3/c15-10(16)3-1-6-13-11(17)14-8-2-7-12-9-4-5-9/h9,12H,1-8H2,(H,15,16)(H2,13,14,17). The Kier molecular flexibility index (Phi) is 6.39. The van der Waals surface area contributed by atoms with E-state index >= 15 is 0 Å². The Morgan fingerprint density at radius 2 is 1.71 bits per heavy atom. The highest BCUT2D eigenvalue weighted by molar-refractivity contribution is 5.73. The van der Waals surface area contributed by atoms with Crippen LogP contribution in [0.2, 0.25) is 0 Å². The van der Waals surface area contributed by atoms with Crippen LogP contribution in [0.15, 0.2) is 0 Å². The number of aliphatic carboxylic acids is 1. The van der Waals surface area contributed by atoms with Crippen LogP contribution in [-0.2, 0) is 4.79 Å². The van der Waals surface area contributed by atoms with Gasteiger partial charge in [0.15, 0.2) is 0 Å². The predicted molar refractivity (Wildman–Crippen MR) is 63.9 cm³/mol. The number of nitrogens with one attached hydrogen (secondary N) is 3. The summed E-state index contributed by atoms with van der Waals surface area (Å²) in [6.07, 6.45) is 4.02. The molecule has 2 amide bonds. The molecule has 0 bridgehead atoms. The minimum Gasteiger partial charge on any atom is -0.481 e. The maximum absolute atomic E-state index is 11.2. The molecule has 1 fully saturated rings. The highest BCUT2D eigenvalue weighted by atomic mass is 16.4. The first-order valence-electron chi connectivity index (χ1n) is 6.15. The maximum atomic E-state index is 11.2. The van der Waals surface area contributed by atoms with E-state index in [1.54, 1.807) is 0 Å². The second kappa shape index (κ2) is 7.89. The highest BCUT2D eigenvalue weighted by Gasteiger charge is 2.19. The van der Waals surface area contributed by atoms with Gasteiger partial charge in [-0.2, -0.15) is 0 Å². The molecular weight excluding hydrogens is 222 g/mol. The van der Waals surface area contributed by atoms with E-state index in [9.17, 15) is 9.59 Å². The Morgan fingerprint density at radius 3 is 2.29 bits per heavy atom. The van der Waals surface area contributed by atoms with E-state index in [2.05, 4.69) is 16.0 Å². The molecule has 1 rings (SSSR count). The van der Waals surface area contributed by atoms with Crippen LogP contribution in [0, 0.1) is 0 Å². The van der Waals surface area contributed by atoms with Crippen molar-refractivity contribution in [3.05, 3.63) is 0 Å². The quantitative estimate of drug-likeness (QED) is 0.438. The van der Waals surface area contributed by atoms with Crippen LogP contribution >= 0.6 is 0 Å². The summed E-state index contributed by atoms with van der Waals surface area (Å²) < 4.78 is 0. The molecule has 0 atom stereocenters. The molecule has 0 heterocycles. The summed E-state index contributed by atoms with van der Waals surface area (Å²) in [5.41, 5.74) is 0. The van der Waals surface area contributed by atoms with Crippen LogP contribution in [0.5, 0.6) is 0 Å². The van der Waals surface area contributed by atoms with Gasteiger partial charge in [0.2, 0.25) is 0 Å². The number of rotatable bonds is 9. The van der Waals surface area contributed by atoms with E-state index in [1.165, 1.54) is 12.8 Å². The van der Waals surface area contributed by atoms with Gasteiger partial charge in [-0.1, -0.05) is 0 Å². The van der Waals surface area contributed by atoms with Crippen molar-refractivity contribution in [1.29, 1.82) is 0 Å². The SMILES string of the molecule is O=C(O)CCCNC(=O)NCCCNC1CC1. The van der Waals surface area contributed by atoms with Gasteiger partial charge in [0, 0.05) is 25.6 Å². The number of urea groups is 1. The Balaban J connectivity index is 1.81. The zero-order chi connectivity index (χ0) is 12.5. The van der Waals surface area contributed by atoms with Crippen LogP contribution in [0.4, 0.5) is 4.79 Å². The summed E-state index contributed by atoms with van der Waals surface area (Å²) in [4.78, 5) is 21.4. The molecule has 98 valence electrons. The van der Waals surface area contributed by atoms with Gasteiger partial charge in [0.05, 0.1) is 0 Å². The Morgan fingerprint density at radius 1 is 1.06 bits per heavy atom. The Hall–Kier alpha value is -1.30. The molecule has 6 heteroatoms. The van der Waals surface area contributed by atoms with Gasteiger partial charge >= 0.3 is 12.0 Å². The number of carbonyl (C=O) groups is 2. The van der Waals surface area contributed by atoms with Gasteiger partial charge < -0.3 is 21.1 Å². The number of hydrogen-bond donors (Lipinski definition) is 4. The fourth-order valence-electron chi connectivity index (χ4n) is 1.39. The highest BCUT2D eigenvalue weighted by Crippen LogP contribution is 2.18. The molecule has 17 heavy (non-hydrogen) atoms. The fourth-order valence-corrected chi connectivity index (χ4v) is 1.39. The van der Waals surface area contributed by atoms with E-state index in [4.69, 9.17) is 5.11 Å². The van der Waals surface area contributed by atoms with Crippen molar-refractivity contribution in [3.63, 3.8) is 0 Å². The van der Waals surface area contributed by atoms with Crippen molar-refractivity contribution >= 4 is 12.0 Å². The second-order valence-corrected chi connectivity index (χ2v) is 4.26. The van der Waals surface area contributed by atoms with Crippen molar-refractivity contribution in [3.8, 4) is 0 Å². The molecule has 1 aliphatic carbocycles. The molecule has 0 aliphatic heterocycles. The molecule has 6 nitrogen and oxygen atoms in total. The molecule has 4 N–H and O–H groups in total. The molecule has 1 saturated carbocycles. The number of carboxylic acids is 1. The zero-order valence-corrected chi connectivity index (χ0v) is 10.00. The fraction of sp³-hybridized carbons (Fsp3) is 0.818. The van der Waals surface area contributed by atoms with Gasteiger partial charge in [-0.25, -0.2) is 4.79 Å². The number of carbonyl (C=O) groups excluding carboxylic acids is 1.